The SMILES string of the molecule is CCCNCc1ccccc1-c1ccc(CC)c(CC)c1. The van der Waals surface area contributed by atoms with Crippen LogP contribution in [0.4, 0.5) is 0 Å². The summed E-state index contributed by atoms with van der Waals surface area (Å²) in [6.07, 6.45) is 3.39. The molecule has 0 fully saturated rings. The van der Waals surface area contributed by atoms with E-state index in [1.807, 2.05) is 0 Å². The molecule has 0 aliphatic carbocycles. The maximum Gasteiger partial charge on any atom is 0.0211 e. The van der Waals surface area contributed by atoms with Crippen molar-refractivity contribution in [2.75, 3.05) is 6.54 Å². The van der Waals surface area contributed by atoms with Gasteiger partial charge in [0.15, 0.2) is 0 Å². The molecule has 0 spiro atoms. The van der Waals surface area contributed by atoms with Crippen LogP contribution in [0.2, 0.25) is 0 Å². The molecule has 0 amide bonds. The Morgan fingerprint density at radius 1 is 0.810 bits per heavy atom. The average Bonchev–Trinajstić information content (AvgIpc) is 2.55. The monoisotopic (exact) mass is 281 g/mol. The van der Waals surface area contributed by atoms with E-state index in [4.69, 9.17) is 0 Å². The van der Waals surface area contributed by atoms with Crippen molar-refractivity contribution in [3.8, 4) is 11.1 Å². The highest BCUT2D eigenvalue weighted by Gasteiger charge is 2.07. The number of benzene rings is 2. The molecule has 0 radical (unpaired) electrons. The van der Waals surface area contributed by atoms with Crippen molar-refractivity contribution in [1.82, 2.24) is 5.32 Å². The standard InChI is InChI=1S/C20H27N/c1-4-13-21-15-19-9-7-8-10-20(19)18-12-11-16(5-2)17(6-3)14-18/h7-12,14,21H,4-6,13,15H2,1-3H3. The summed E-state index contributed by atoms with van der Waals surface area (Å²) in [6, 6.07) is 15.7. The van der Waals surface area contributed by atoms with Crippen molar-refractivity contribution in [2.45, 2.75) is 46.6 Å². The van der Waals surface area contributed by atoms with Crippen molar-refractivity contribution in [3.05, 3.63) is 59.2 Å². The molecule has 0 atom stereocenters. The van der Waals surface area contributed by atoms with Gasteiger partial charge in [0.05, 0.1) is 0 Å². The Balaban J connectivity index is 2.33. The zero-order valence-corrected chi connectivity index (χ0v) is 13.6. The number of hydrogen-bond acceptors (Lipinski definition) is 1. The molecule has 0 aromatic heterocycles. The lowest BCUT2D eigenvalue weighted by molar-refractivity contribution is 0.676. The van der Waals surface area contributed by atoms with Gasteiger partial charge in [0.25, 0.3) is 0 Å². The zero-order valence-electron chi connectivity index (χ0n) is 13.6. The van der Waals surface area contributed by atoms with Crippen LogP contribution in [-0.4, -0.2) is 6.54 Å². The number of aryl methyl sites for hydroxylation is 2. The van der Waals surface area contributed by atoms with E-state index in [0.29, 0.717) is 0 Å². The van der Waals surface area contributed by atoms with Gasteiger partial charge in [-0.25, -0.2) is 0 Å². The third-order valence-electron chi connectivity index (χ3n) is 4.04. The van der Waals surface area contributed by atoms with Crippen LogP contribution in [0.15, 0.2) is 42.5 Å². The molecule has 21 heavy (non-hydrogen) atoms. The van der Waals surface area contributed by atoms with E-state index < -0.39 is 0 Å². The lowest BCUT2D eigenvalue weighted by Gasteiger charge is -2.13. The van der Waals surface area contributed by atoms with Crippen LogP contribution in [0, 0.1) is 0 Å². The summed E-state index contributed by atoms with van der Waals surface area (Å²) in [5.74, 6) is 0. The smallest absolute Gasteiger partial charge is 0.0211 e. The molecule has 1 heteroatoms. The van der Waals surface area contributed by atoms with Gasteiger partial charge in [-0.3, -0.25) is 0 Å². The van der Waals surface area contributed by atoms with E-state index in [9.17, 15) is 0 Å². The Bertz CT molecular complexity index is 572. The summed E-state index contributed by atoms with van der Waals surface area (Å²) in [5, 5.41) is 3.51. The maximum absolute atomic E-state index is 3.51. The van der Waals surface area contributed by atoms with Gasteiger partial charge in [0.2, 0.25) is 0 Å². The summed E-state index contributed by atoms with van der Waals surface area (Å²) in [6.45, 7) is 8.70. The van der Waals surface area contributed by atoms with Crippen molar-refractivity contribution < 1.29 is 0 Å². The molecule has 0 heterocycles. The molecule has 0 bridgehead atoms. The van der Waals surface area contributed by atoms with Crippen LogP contribution < -0.4 is 5.32 Å². The summed E-state index contributed by atoms with van der Waals surface area (Å²) >= 11 is 0. The predicted octanol–water partition coefficient (Wildman–Crippen LogP) is 4.98. The van der Waals surface area contributed by atoms with E-state index in [1.165, 1.54) is 34.2 Å². The first-order valence-corrected chi connectivity index (χ1v) is 8.20. The molecule has 0 aliphatic heterocycles. The molecule has 2 aromatic rings. The van der Waals surface area contributed by atoms with Crippen LogP contribution in [0.1, 0.15) is 43.9 Å². The Kier molecular flexibility index (Phi) is 6.01. The minimum Gasteiger partial charge on any atom is -0.313 e. The normalized spacial score (nSPS) is 10.8. The minimum atomic E-state index is 0.945. The Morgan fingerprint density at radius 3 is 2.29 bits per heavy atom. The van der Waals surface area contributed by atoms with Gasteiger partial charge in [0, 0.05) is 6.54 Å². The molecule has 2 rings (SSSR count). The number of rotatable bonds is 7. The Morgan fingerprint density at radius 2 is 1.57 bits per heavy atom. The Labute approximate surface area is 129 Å². The average molecular weight is 281 g/mol. The van der Waals surface area contributed by atoms with E-state index in [2.05, 4.69) is 68.6 Å². The fraction of sp³-hybridized carbons (Fsp3) is 0.400. The van der Waals surface area contributed by atoms with Crippen LogP contribution >= 0.6 is 0 Å². The quantitative estimate of drug-likeness (QED) is 0.706. The fourth-order valence-electron chi connectivity index (χ4n) is 2.82. The molecular weight excluding hydrogens is 254 g/mol. The van der Waals surface area contributed by atoms with Gasteiger partial charge in [-0.05, 0) is 53.6 Å². The third-order valence-corrected chi connectivity index (χ3v) is 4.04. The Hall–Kier alpha value is -1.60. The molecule has 1 N–H and O–H groups in total. The second-order valence-electron chi connectivity index (χ2n) is 5.52. The number of nitrogens with one attached hydrogen (secondary N) is 1. The molecule has 2 aromatic carbocycles. The van der Waals surface area contributed by atoms with Gasteiger partial charge in [-0.2, -0.15) is 0 Å². The minimum absolute atomic E-state index is 0.945. The fourth-order valence-corrected chi connectivity index (χ4v) is 2.82. The lowest BCUT2D eigenvalue weighted by atomic mass is 9.94. The molecule has 1 nitrogen and oxygen atoms in total. The van der Waals surface area contributed by atoms with Crippen molar-refractivity contribution in [1.29, 1.82) is 0 Å². The van der Waals surface area contributed by atoms with E-state index in [1.54, 1.807) is 0 Å². The first-order chi connectivity index (χ1) is 10.3. The van der Waals surface area contributed by atoms with Crippen LogP contribution in [-0.2, 0) is 19.4 Å². The second-order valence-corrected chi connectivity index (χ2v) is 5.52. The van der Waals surface area contributed by atoms with Gasteiger partial charge in [0.1, 0.15) is 0 Å². The largest absolute Gasteiger partial charge is 0.313 e. The van der Waals surface area contributed by atoms with Gasteiger partial charge < -0.3 is 5.32 Å². The summed E-state index contributed by atoms with van der Waals surface area (Å²) in [7, 11) is 0. The van der Waals surface area contributed by atoms with Crippen molar-refractivity contribution in [2.24, 2.45) is 0 Å². The second kappa shape index (κ2) is 7.99. The summed E-state index contributed by atoms with van der Waals surface area (Å²) in [4.78, 5) is 0. The zero-order chi connectivity index (χ0) is 15.1. The van der Waals surface area contributed by atoms with E-state index in [0.717, 1.165) is 25.9 Å². The van der Waals surface area contributed by atoms with Crippen LogP contribution in [0.25, 0.3) is 11.1 Å². The molecule has 0 saturated carbocycles. The summed E-state index contributed by atoms with van der Waals surface area (Å²) in [5.41, 5.74) is 7.04. The third kappa shape index (κ3) is 3.95. The molecule has 0 saturated heterocycles. The molecule has 0 unspecified atom stereocenters. The van der Waals surface area contributed by atoms with Crippen LogP contribution in [0.5, 0.6) is 0 Å². The number of hydrogen-bond donors (Lipinski definition) is 1. The van der Waals surface area contributed by atoms with Gasteiger partial charge in [-0.1, -0.05) is 63.2 Å². The lowest BCUT2D eigenvalue weighted by Crippen LogP contribution is -2.14. The van der Waals surface area contributed by atoms with Gasteiger partial charge >= 0.3 is 0 Å². The first-order valence-electron chi connectivity index (χ1n) is 8.20. The van der Waals surface area contributed by atoms with Crippen LogP contribution in [0.3, 0.4) is 0 Å². The summed E-state index contributed by atoms with van der Waals surface area (Å²) < 4.78 is 0. The van der Waals surface area contributed by atoms with Gasteiger partial charge in [-0.15, -0.1) is 0 Å². The predicted molar refractivity (Wildman–Crippen MR) is 92.6 cm³/mol. The highest BCUT2D eigenvalue weighted by atomic mass is 14.8. The van der Waals surface area contributed by atoms with E-state index >= 15 is 0 Å². The van der Waals surface area contributed by atoms with Crippen molar-refractivity contribution >= 4 is 0 Å². The highest BCUT2D eigenvalue weighted by Crippen LogP contribution is 2.26. The van der Waals surface area contributed by atoms with Crippen molar-refractivity contribution in [3.63, 3.8) is 0 Å². The molecule has 0 aliphatic rings. The first kappa shape index (κ1) is 15.8. The molecular formula is C20H27N. The topological polar surface area (TPSA) is 12.0 Å². The maximum atomic E-state index is 3.51. The highest BCUT2D eigenvalue weighted by molar-refractivity contribution is 5.68. The molecule has 112 valence electrons. The van der Waals surface area contributed by atoms with E-state index in [-0.39, 0.29) is 0 Å².